The summed E-state index contributed by atoms with van der Waals surface area (Å²) in [6, 6.07) is 8.02. The SMILES string of the molecule is C=CCOP(=O)(OCC=C)OCC=C.C=Cc1ccccc1C=C. The zero-order valence-electron chi connectivity index (χ0n) is 13.9. The molecule has 1 rings (SSSR count). The third kappa shape index (κ3) is 9.23. The van der Waals surface area contributed by atoms with E-state index in [-0.39, 0.29) is 19.8 Å². The van der Waals surface area contributed by atoms with Crippen LogP contribution in [0.5, 0.6) is 0 Å². The van der Waals surface area contributed by atoms with Crippen molar-refractivity contribution in [3.63, 3.8) is 0 Å². The maximum absolute atomic E-state index is 11.7. The summed E-state index contributed by atoms with van der Waals surface area (Å²) < 4.78 is 26.3. The van der Waals surface area contributed by atoms with Gasteiger partial charge in [0.25, 0.3) is 0 Å². The Labute approximate surface area is 145 Å². The van der Waals surface area contributed by atoms with Crippen molar-refractivity contribution in [2.45, 2.75) is 0 Å². The van der Waals surface area contributed by atoms with Crippen molar-refractivity contribution in [3.05, 3.63) is 86.5 Å². The number of phosphoric acid groups is 1. The lowest BCUT2D eigenvalue weighted by molar-refractivity contribution is 0.141. The molecule has 0 heterocycles. The van der Waals surface area contributed by atoms with Gasteiger partial charge in [0, 0.05) is 0 Å². The van der Waals surface area contributed by atoms with Gasteiger partial charge in [0.1, 0.15) is 0 Å². The number of rotatable bonds is 11. The molecule has 0 amide bonds. The van der Waals surface area contributed by atoms with E-state index in [0.29, 0.717) is 0 Å². The second-order valence-electron chi connectivity index (χ2n) is 4.24. The predicted octanol–water partition coefficient (Wildman–Crippen LogP) is 5.67. The molecular formula is C19H25O4P. The Kier molecular flexibility index (Phi) is 12.4. The van der Waals surface area contributed by atoms with Crippen LogP contribution in [0, 0.1) is 0 Å². The molecule has 0 aromatic heterocycles. The predicted molar refractivity (Wildman–Crippen MR) is 103 cm³/mol. The average Bonchev–Trinajstić information content (AvgIpc) is 2.63. The summed E-state index contributed by atoms with van der Waals surface area (Å²) in [5.74, 6) is 0. The first-order chi connectivity index (χ1) is 11.6. The van der Waals surface area contributed by atoms with Gasteiger partial charge in [0.05, 0.1) is 19.8 Å². The highest BCUT2D eigenvalue weighted by molar-refractivity contribution is 7.48. The van der Waals surface area contributed by atoms with Crippen molar-refractivity contribution in [1.82, 2.24) is 0 Å². The van der Waals surface area contributed by atoms with Crippen LogP contribution >= 0.6 is 7.82 Å². The van der Waals surface area contributed by atoms with Crippen molar-refractivity contribution in [2.75, 3.05) is 19.8 Å². The summed E-state index contributed by atoms with van der Waals surface area (Å²) in [4.78, 5) is 0. The molecule has 0 bridgehead atoms. The summed E-state index contributed by atoms with van der Waals surface area (Å²) in [7, 11) is -3.48. The molecule has 0 N–H and O–H groups in total. The lowest BCUT2D eigenvalue weighted by Crippen LogP contribution is -2.00. The Morgan fingerprint density at radius 1 is 0.750 bits per heavy atom. The first-order valence-corrected chi connectivity index (χ1v) is 8.73. The van der Waals surface area contributed by atoms with Crippen LogP contribution < -0.4 is 0 Å². The van der Waals surface area contributed by atoms with E-state index in [2.05, 4.69) is 32.9 Å². The Morgan fingerprint density at radius 3 is 1.33 bits per heavy atom. The smallest absolute Gasteiger partial charge is 0.283 e. The third-order valence-corrected chi connectivity index (χ3v) is 3.88. The molecule has 5 heteroatoms. The maximum atomic E-state index is 11.7. The van der Waals surface area contributed by atoms with E-state index in [9.17, 15) is 4.57 Å². The molecule has 1 aromatic carbocycles. The lowest BCUT2D eigenvalue weighted by Gasteiger charge is -2.15. The fourth-order valence-corrected chi connectivity index (χ4v) is 2.51. The molecule has 0 atom stereocenters. The Balaban J connectivity index is 0.000000463. The van der Waals surface area contributed by atoms with Gasteiger partial charge in [-0.1, -0.05) is 67.8 Å². The molecule has 0 unspecified atom stereocenters. The van der Waals surface area contributed by atoms with Crippen molar-refractivity contribution in [2.24, 2.45) is 0 Å². The summed E-state index contributed by atoms with van der Waals surface area (Å²) >= 11 is 0. The highest BCUT2D eigenvalue weighted by Gasteiger charge is 2.24. The molecule has 0 fully saturated rings. The van der Waals surface area contributed by atoms with E-state index in [0.717, 1.165) is 11.1 Å². The van der Waals surface area contributed by atoms with Crippen molar-refractivity contribution < 1.29 is 18.1 Å². The quantitative estimate of drug-likeness (QED) is 0.381. The van der Waals surface area contributed by atoms with E-state index >= 15 is 0 Å². The highest BCUT2D eigenvalue weighted by Crippen LogP contribution is 2.49. The Hall–Kier alpha value is -1.97. The van der Waals surface area contributed by atoms with Crippen LogP contribution in [-0.2, 0) is 18.1 Å². The number of phosphoric ester groups is 1. The van der Waals surface area contributed by atoms with Crippen LogP contribution in [0.3, 0.4) is 0 Å². The van der Waals surface area contributed by atoms with Crippen molar-refractivity contribution >= 4 is 20.0 Å². The molecule has 0 spiro atoms. The zero-order chi connectivity index (χ0) is 18.3. The van der Waals surface area contributed by atoms with Crippen LogP contribution in [0.25, 0.3) is 12.2 Å². The Bertz CT molecular complexity index is 528. The van der Waals surface area contributed by atoms with E-state index in [4.69, 9.17) is 13.6 Å². The second kappa shape index (κ2) is 13.5. The Morgan fingerprint density at radius 2 is 1.08 bits per heavy atom. The first kappa shape index (κ1) is 22.0. The van der Waals surface area contributed by atoms with Crippen molar-refractivity contribution in [1.29, 1.82) is 0 Å². The van der Waals surface area contributed by atoms with Crippen LogP contribution in [0.1, 0.15) is 11.1 Å². The molecule has 0 saturated carbocycles. The monoisotopic (exact) mass is 348 g/mol. The summed E-state index contributed by atoms with van der Waals surface area (Å²) in [6.45, 7) is 18.0. The third-order valence-electron chi connectivity index (χ3n) is 2.49. The van der Waals surface area contributed by atoms with Gasteiger partial charge in [-0.3, -0.25) is 13.6 Å². The van der Waals surface area contributed by atoms with E-state index in [1.54, 1.807) is 0 Å². The van der Waals surface area contributed by atoms with Gasteiger partial charge in [-0.2, -0.15) is 0 Å². The summed E-state index contributed by atoms with van der Waals surface area (Å²) in [6.07, 6.45) is 8.04. The molecule has 24 heavy (non-hydrogen) atoms. The molecule has 1 aromatic rings. The lowest BCUT2D eigenvalue weighted by atomic mass is 10.1. The molecule has 0 saturated heterocycles. The normalized spacial score (nSPS) is 10.0. The number of hydrogen-bond acceptors (Lipinski definition) is 4. The van der Waals surface area contributed by atoms with E-state index in [1.807, 2.05) is 36.4 Å². The summed E-state index contributed by atoms with van der Waals surface area (Å²) in [5, 5.41) is 0. The molecule has 4 nitrogen and oxygen atoms in total. The minimum atomic E-state index is -3.48. The van der Waals surface area contributed by atoms with Gasteiger partial charge in [-0.15, -0.1) is 19.7 Å². The molecular weight excluding hydrogens is 323 g/mol. The minimum Gasteiger partial charge on any atom is -0.283 e. The van der Waals surface area contributed by atoms with Gasteiger partial charge in [0.2, 0.25) is 0 Å². The van der Waals surface area contributed by atoms with Gasteiger partial charge >= 0.3 is 7.82 Å². The summed E-state index contributed by atoms with van der Waals surface area (Å²) in [5.41, 5.74) is 2.27. The first-order valence-electron chi connectivity index (χ1n) is 7.27. The van der Waals surface area contributed by atoms with Gasteiger partial charge in [0.15, 0.2) is 0 Å². The van der Waals surface area contributed by atoms with Gasteiger partial charge < -0.3 is 0 Å². The zero-order valence-corrected chi connectivity index (χ0v) is 14.8. The number of benzene rings is 1. The fraction of sp³-hybridized carbons (Fsp3) is 0.158. The van der Waals surface area contributed by atoms with Gasteiger partial charge in [-0.25, -0.2) is 4.57 Å². The number of hydrogen-bond donors (Lipinski definition) is 0. The van der Waals surface area contributed by atoms with Crippen LogP contribution in [0.2, 0.25) is 0 Å². The second-order valence-corrected chi connectivity index (χ2v) is 5.91. The topological polar surface area (TPSA) is 44.8 Å². The largest absolute Gasteiger partial charge is 0.475 e. The molecule has 0 radical (unpaired) electrons. The van der Waals surface area contributed by atoms with Crippen LogP contribution in [0.15, 0.2) is 75.4 Å². The molecule has 0 aliphatic rings. The minimum absolute atomic E-state index is 0.103. The molecule has 0 aliphatic heterocycles. The standard InChI is InChI=1S/C10H10.C9H15O4P/c1-3-9-7-5-6-8-10(9)4-2;1-4-7-11-14(10,12-8-5-2)13-9-6-3/h3-8H,1-2H2;4-6H,1-3,7-9H2. The van der Waals surface area contributed by atoms with Crippen LogP contribution in [0.4, 0.5) is 0 Å². The van der Waals surface area contributed by atoms with E-state index in [1.165, 1.54) is 18.2 Å². The van der Waals surface area contributed by atoms with Crippen LogP contribution in [-0.4, -0.2) is 19.8 Å². The van der Waals surface area contributed by atoms with E-state index < -0.39 is 7.82 Å². The molecule has 130 valence electrons. The van der Waals surface area contributed by atoms with Gasteiger partial charge in [-0.05, 0) is 11.1 Å². The highest BCUT2D eigenvalue weighted by atomic mass is 31.2. The average molecular weight is 348 g/mol. The van der Waals surface area contributed by atoms with Crippen molar-refractivity contribution in [3.8, 4) is 0 Å². The fourth-order valence-electron chi connectivity index (χ4n) is 1.43. The maximum Gasteiger partial charge on any atom is 0.475 e. The molecule has 0 aliphatic carbocycles.